The van der Waals surface area contributed by atoms with Gasteiger partial charge in [-0.3, -0.25) is 14.5 Å². The smallest absolute Gasteiger partial charge is 0.226 e. The molecule has 1 amide bonds. The van der Waals surface area contributed by atoms with Crippen molar-refractivity contribution in [2.45, 2.75) is 38.0 Å². The van der Waals surface area contributed by atoms with Gasteiger partial charge in [0.2, 0.25) is 5.91 Å². The third kappa shape index (κ3) is 2.46. The van der Waals surface area contributed by atoms with E-state index in [2.05, 4.69) is 15.4 Å². The number of fused-ring (bicyclic) bond motifs is 2. The number of aromatic nitrogens is 4. The standard InChI is InChI=1S/C19H19N5OS/c1-24-18-16(17(23-24)13-7-4-5-9-20-13)11(10-15(25)22-18)19-21-12-6-2-3-8-14(12)26-19/h4-5,7,9,11H,2-3,6,8,10H2,1H3,(H,22,25)/t11-/m1/s1. The molecule has 0 saturated heterocycles. The molecule has 26 heavy (non-hydrogen) atoms. The summed E-state index contributed by atoms with van der Waals surface area (Å²) in [5, 5.41) is 8.70. The molecule has 0 fully saturated rings. The van der Waals surface area contributed by atoms with Crippen LogP contribution in [-0.4, -0.2) is 25.7 Å². The summed E-state index contributed by atoms with van der Waals surface area (Å²) < 4.78 is 1.75. The predicted octanol–water partition coefficient (Wildman–Crippen LogP) is 3.29. The lowest BCUT2D eigenvalue weighted by Gasteiger charge is -2.22. The fourth-order valence-corrected chi connectivity index (χ4v) is 5.18. The van der Waals surface area contributed by atoms with Gasteiger partial charge in [0, 0.05) is 30.1 Å². The van der Waals surface area contributed by atoms with Gasteiger partial charge in [0.1, 0.15) is 16.5 Å². The van der Waals surface area contributed by atoms with Gasteiger partial charge in [-0.1, -0.05) is 6.07 Å². The van der Waals surface area contributed by atoms with Crippen molar-refractivity contribution in [2.75, 3.05) is 5.32 Å². The number of pyridine rings is 1. The van der Waals surface area contributed by atoms with Crippen molar-refractivity contribution in [3.63, 3.8) is 0 Å². The summed E-state index contributed by atoms with van der Waals surface area (Å²) >= 11 is 1.77. The van der Waals surface area contributed by atoms with E-state index in [0.717, 1.165) is 40.6 Å². The van der Waals surface area contributed by atoms with Gasteiger partial charge < -0.3 is 5.32 Å². The van der Waals surface area contributed by atoms with E-state index in [-0.39, 0.29) is 11.8 Å². The third-order valence-corrected chi connectivity index (χ3v) is 6.42. The minimum Gasteiger partial charge on any atom is -0.311 e. The van der Waals surface area contributed by atoms with Crippen molar-refractivity contribution in [2.24, 2.45) is 7.05 Å². The Morgan fingerprint density at radius 1 is 1.27 bits per heavy atom. The zero-order valence-corrected chi connectivity index (χ0v) is 15.3. The molecule has 1 atom stereocenters. The van der Waals surface area contributed by atoms with Crippen LogP contribution in [0.1, 0.15) is 46.3 Å². The Labute approximate surface area is 155 Å². The zero-order valence-electron chi connectivity index (χ0n) is 14.5. The number of nitrogens with zero attached hydrogens (tertiary/aromatic N) is 4. The van der Waals surface area contributed by atoms with Crippen LogP contribution in [0.5, 0.6) is 0 Å². The van der Waals surface area contributed by atoms with E-state index in [1.54, 1.807) is 22.2 Å². The number of thiazole rings is 1. The van der Waals surface area contributed by atoms with Gasteiger partial charge in [-0.2, -0.15) is 5.10 Å². The number of amides is 1. The van der Waals surface area contributed by atoms with Crippen LogP contribution in [0.3, 0.4) is 0 Å². The normalized spacial score (nSPS) is 19.0. The summed E-state index contributed by atoms with van der Waals surface area (Å²) in [4.78, 5) is 23.2. The molecule has 3 aromatic rings. The second-order valence-corrected chi connectivity index (χ2v) is 8.00. The van der Waals surface area contributed by atoms with Crippen LogP contribution >= 0.6 is 11.3 Å². The molecule has 4 heterocycles. The lowest BCUT2D eigenvalue weighted by atomic mass is 9.91. The van der Waals surface area contributed by atoms with Crippen molar-refractivity contribution in [1.29, 1.82) is 0 Å². The number of hydrogen-bond acceptors (Lipinski definition) is 5. The molecule has 0 radical (unpaired) electrons. The second-order valence-electron chi connectivity index (χ2n) is 6.88. The molecule has 0 saturated carbocycles. The largest absolute Gasteiger partial charge is 0.311 e. The monoisotopic (exact) mass is 365 g/mol. The van der Waals surface area contributed by atoms with Gasteiger partial charge >= 0.3 is 0 Å². The molecule has 1 N–H and O–H groups in total. The minimum atomic E-state index is -0.0555. The van der Waals surface area contributed by atoms with Crippen molar-refractivity contribution in [1.82, 2.24) is 19.7 Å². The van der Waals surface area contributed by atoms with E-state index >= 15 is 0 Å². The molecule has 6 nitrogen and oxygen atoms in total. The van der Waals surface area contributed by atoms with E-state index < -0.39 is 0 Å². The van der Waals surface area contributed by atoms with Crippen molar-refractivity contribution in [3.05, 3.63) is 45.5 Å². The summed E-state index contributed by atoms with van der Waals surface area (Å²) in [6.07, 6.45) is 6.78. The van der Waals surface area contributed by atoms with E-state index in [1.165, 1.54) is 23.4 Å². The van der Waals surface area contributed by atoms with Crippen LogP contribution in [0.2, 0.25) is 0 Å². The van der Waals surface area contributed by atoms with Crippen LogP contribution < -0.4 is 5.32 Å². The molecular weight excluding hydrogens is 346 g/mol. The van der Waals surface area contributed by atoms with Crippen LogP contribution in [0.4, 0.5) is 5.82 Å². The molecule has 0 bridgehead atoms. The fourth-order valence-electron chi connectivity index (χ4n) is 3.91. The number of carbonyl (C=O) groups is 1. The molecule has 2 aliphatic rings. The first-order chi connectivity index (χ1) is 12.7. The third-order valence-electron chi connectivity index (χ3n) is 5.15. The lowest BCUT2D eigenvalue weighted by molar-refractivity contribution is -0.116. The first kappa shape index (κ1) is 15.7. The number of anilines is 1. The molecule has 7 heteroatoms. The molecule has 3 aromatic heterocycles. The summed E-state index contributed by atoms with van der Waals surface area (Å²) in [6, 6.07) is 5.82. The van der Waals surface area contributed by atoms with E-state index in [9.17, 15) is 4.79 Å². The Kier molecular flexibility index (Phi) is 3.63. The van der Waals surface area contributed by atoms with Gasteiger partial charge in [-0.25, -0.2) is 4.98 Å². The average molecular weight is 365 g/mol. The molecular formula is C19H19N5OS. The number of rotatable bonds is 2. The Morgan fingerprint density at radius 2 is 2.15 bits per heavy atom. The number of hydrogen-bond donors (Lipinski definition) is 1. The van der Waals surface area contributed by atoms with E-state index in [4.69, 9.17) is 4.98 Å². The molecule has 1 aliphatic carbocycles. The minimum absolute atomic E-state index is 0.0197. The Morgan fingerprint density at radius 3 is 2.96 bits per heavy atom. The molecule has 0 unspecified atom stereocenters. The average Bonchev–Trinajstić information content (AvgIpc) is 3.23. The highest BCUT2D eigenvalue weighted by Gasteiger charge is 2.36. The number of aryl methyl sites for hydroxylation is 3. The maximum absolute atomic E-state index is 12.4. The number of carbonyl (C=O) groups excluding carboxylic acids is 1. The van der Waals surface area contributed by atoms with Crippen LogP contribution in [-0.2, 0) is 24.7 Å². The van der Waals surface area contributed by atoms with Crippen LogP contribution in [0.25, 0.3) is 11.4 Å². The quantitative estimate of drug-likeness (QED) is 0.756. The maximum atomic E-state index is 12.4. The first-order valence-electron chi connectivity index (χ1n) is 8.97. The Hall–Kier alpha value is -2.54. The molecule has 0 aromatic carbocycles. The van der Waals surface area contributed by atoms with Crippen LogP contribution in [0.15, 0.2) is 24.4 Å². The summed E-state index contributed by atoms with van der Waals surface area (Å²) in [5.41, 5.74) is 3.93. The van der Waals surface area contributed by atoms with Gasteiger partial charge in [0.25, 0.3) is 0 Å². The summed E-state index contributed by atoms with van der Waals surface area (Å²) in [7, 11) is 1.86. The highest BCUT2D eigenvalue weighted by atomic mass is 32.1. The maximum Gasteiger partial charge on any atom is 0.226 e. The van der Waals surface area contributed by atoms with E-state index in [0.29, 0.717) is 6.42 Å². The van der Waals surface area contributed by atoms with Crippen LogP contribution in [0, 0.1) is 0 Å². The molecule has 0 spiro atoms. The fraction of sp³-hybridized carbons (Fsp3) is 0.368. The SMILES string of the molecule is Cn1nc(-c2ccccn2)c2c1NC(=O)C[C@H]2c1nc2c(s1)CCCC2. The molecule has 132 valence electrons. The van der Waals surface area contributed by atoms with Gasteiger partial charge in [-0.15, -0.1) is 11.3 Å². The summed E-state index contributed by atoms with van der Waals surface area (Å²) in [5.74, 6) is 0.728. The summed E-state index contributed by atoms with van der Waals surface area (Å²) in [6.45, 7) is 0. The van der Waals surface area contributed by atoms with E-state index in [1.807, 2.05) is 25.2 Å². The van der Waals surface area contributed by atoms with Crippen molar-refractivity contribution in [3.8, 4) is 11.4 Å². The first-order valence-corrected chi connectivity index (χ1v) is 9.79. The zero-order chi connectivity index (χ0) is 17.7. The topological polar surface area (TPSA) is 72.7 Å². The highest BCUT2D eigenvalue weighted by molar-refractivity contribution is 7.11. The Balaban J connectivity index is 1.67. The van der Waals surface area contributed by atoms with Gasteiger partial charge in [-0.05, 0) is 37.8 Å². The van der Waals surface area contributed by atoms with Gasteiger partial charge in [0.15, 0.2) is 0 Å². The van der Waals surface area contributed by atoms with Crippen molar-refractivity contribution < 1.29 is 4.79 Å². The Bertz CT molecular complexity index is 968. The predicted molar refractivity (Wildman–Crippen MR) is 100 cm³/mol. The lowest BCUT2D eigenvalue weighted by Crippen LogP contribution is -2.24. The molecule has 1 aliphatic heterocycles. The molecule has 5 rings (SSSR count). The van der Waals surface area contributed by atoms with Gasteiger partial charge in [0.05, 0.1) is 17.3 Å². The van der Waals surface area contributed by atoms with Crippen molar-refractivity contribution >= 4 is 23.1 Å². The number of nitrogens with one attached hydrogen (secondary N) is 1. The second kappa shape index (κ2) is 6.02. The highest BCUT2D eigenvalue weighted by Crippen LogP contribution is 2.44.